The molecule has 2 aromatic carbocycles. The molecule has 0 bridgehead atoms. The Bertz CT molecular complexity index is 1060. The molecule has 0 aliphatic carbocycles. The summed E-state index contributed by atoms with van der Waals surface area (Å²) in [6, 6.07) is 14.7. The summed E-state index contributed by atoms with van der Waals surface area (Å²) in [5, 5.41) is 1.16. The summed E-state index contributed by atoms with van der Waals surface area (Å²) in [6.45, 7) is 8.25. The van der Waals surface area contributed by atoms with E-state index in [9.17, 15) is 0 Å². The van der Waals surface area contributed by atoms with Crippen molar-refractivity contribution in [1.82, 2.24) is 14.5 Å². The van der Waals surface area contributed by atoms with E-state index in [4.69, 9.17) is 4.74 Å². The Morgan fingerprint density at radius 2 is 1.81 bits per heavy atom. The van der Waals surface area contributed by atoms with Gasteiger partial charge in [0.2, 0.25) is 0 Å². The smallest absolute Gasteiger partial charge is 0.119 e. The van der Waals surface area contributed by atoms with Crippen LogP contribution in [0.15, 0.2) is 55.0 Å². The van der Waals surface area contributed by atoms with Gasteiger partial charge in [0.1, 0.15) is 11.3 Å². The molecule has 0 aliphatic rings. The molecule has 0 saturated heterocycles. The monoisotopic (exact) mass is 359 g/mol. The summed E-state index contributed by atoms with van der Waals surface area (Å²) in [4.78, 5) is 9.23. The normalized spacial score (nSPS) is 11.6. The molecule has 0 unspecified atom stereocenters. The average molecular weight is 359 g/mol. The summed E-state index contributed by atoms with van der Waals surface area (Å²) in [5.41, 5.74) is 5.44. The average Bonchev–Trinajstić information content (AvgIpc) is 3.09. The van der Waals surface area contributed by atoms with Crippen LogP contribution in [0.25, 0.3) is 33.1 Å². The Kier molecular flexibility index (Phi) is 4.80. The van der Waals surface area contributed by atoms with Crippen LogP contribution in [0, 0.1) is 5.92 Å². The molecule has 0 spiro atoms. The van der Waals surface area contributed by atoms with Crippen LogP contribution in [0.4, 0.5) is 0 Å². The van der Waals surface area contributed by atoms with Crippen LogP contribution in [-0.2, 0) is 6.54 Å². The maximum atomic E-state index is 5.73. The van der Waals surface area contributed by atoms with Gasteiger partial charge in [-0.15, -0.1) is 0 Å². The predicted molar refractivity (Wildman–Crippen MR) is 111 cm³/mol. The highest BCUT2D eigenvalue weighted by molar-refractivity contribution is 6.10. The lowest BCUT2D eigenvalue weighted by Gasteiger charge is -2.12. The van der Waals surface area contributed by atoms with E-state index in [-0.39, 0.29) is 0 Å². The molecule has 27 heavy (non-hydrogen) atoms. The summed E-state index contributed by atoms with van der Waals surface area (Å²) in [5.74, 6) is 1.46. The molecule has 0 radical (unpaired) electrons. The maximum absolute atomic E-state index is 5.73. The Morgan fingerprint density at radius 1 is 1.00 bits per heavy atom. The molecule has 138 valence electrons. The SMILES string of the molecule is CCCOc1ccc(-c2cccc3ncc4ncn(CC(C)C)c4c23)cc1. The molecule has 4 aromatic rings. The lowest BCUT2D eigenvalue weighted by atomic mass is 9.99. The van der Waals surface area contributed by atoms with Crippen LogP contribution in [0.1, 0.15) is 27.2 Å². The number of ether oxygens (including phenoxy) is 1. The van der Waals surface area contributed by atoms with E-state index >= 15 is 0 Å². The summed E-state index contributed by atoms with van der Waals surface area (Å²) in [6.07, 6.45) is 4.82. The number of benzene rings is 2. The molecular formula is C23H25N3O. The topological polar surface area (TPSA) is 39.9 Å². The summed E-state index contributed by atoms with van der Waals surface area (Å²) < 4.78 is 7.98. The fraction of sp³-hybridized carbons (Fsp3) is 0.304. The van der Waals surface area contributed by atoms with E-state index in [1.54, 1.807) is 0 Å². The largest absolute Gasteiger partial charge is 0.494 e. The standard InChI is InChI=1S/C23H25N3O/c1-4-12-27-18-10-8-17(9-11-18)19-6-5-7-20-22(19)23-21(13-24-20)25-15-26(23)14-16(2)3/h5-11,13,15-16H,4,12,14H2,1-3H3. The van der Waals surface area contributed by atoms with Crippen LogP contribution in [0.3, 0.4) is 0 Å². The zero-order valence-corrected chi connectivity index (χ0v) is 16.1. The molecule has 0 atom stereocenters. The van der Waals surface area contributed by atoms with Gasteiger partial charge in [0.25, 0.3) is 0 Å². The second kappa shape index (κ2) is 7.39. The fourth-order valence-corrected chi connectivity index (χ4v) is 3.51. The predicted octanol–water partition coefficient (Wildman–Crippen LogP) is 5.70. The molecule has 0 N–H and O–H groups in total. The van der Waals surface area contributed by atoms with Gasteiger partial charge in [0, 0.05) is 11.9 Å². The third-order valence-electron chi connectivity index (χ3n) is 4.67. The molecule has 4 rings (SSSR count). The number of aromatic nitrogens is 3. The van der Waals surface area contributed by atoms with E-state index in [0.29, 0.717) is 5.92 Å². The molecular weight excluding hydrogens is 334 g/mol. The molecule has 0 aliphatic heterocycles. The highest BCUT2D eigenvalue weighted by Gasteiger charge is 2.14. The maximum Gasteiger partial charge on any atom is 0.119 e. The van der Waals surface area contributed by atoms with E-state index in [0.717, 1.165) is 52.8 Å². The van der Waals surface area contributed by atoms with Crippen LogP contribution in [0.2, 0.25) is 0 Å². The van der Waals surface area contributed by atoms with Gasteiger partial charge in [0.05, 0.1) is 30.2 Å². The lowest BCUT2D eigenvalue weighted by Crippen LogP contribution is -2.03. The molecule has 2 aromatic heterocycles. The van der Waals surface area contributed by atoms with E-state index < -0.39 is 0 Å². The second-order valence-electron chi connectivity index (χ2n) is 7.36. The Morgan fingerprint density at radius 3 is 2.56 bits per heavy atom. The zero-order valence-electron chi connectivity index (χ0n) is 16.1. The van der Waals surface area contributed by atoms with E-state index in [2.05, 4.69) is 65.6 Å². The van der Waals surface area contributed by atoms with Gasteiger partial charge in [-0.1, -0.05) is 45.0 Å². The zero-order chi connectivity index (χ0) is 18.8. The van der Waals surface area contributed by atoms with Gasteiger partial charge in [-0.25, -0.2) is 4.98 Å². The minimum atomic E-state index is 0.549. The van der Waals surface area contributed by atoms with Crippen molar-refractivity contribution < 1.29 is 4.74 Å². The number of imidazole rings is 1. The summed E-state index contributed by atoms with van der Waals surface area (Å²) in [7, 11) is 0. The number of hydrogen-bond donors (Lipinski definition) is 0. The van der Waals surface area contributed by atoms with E-state index in [1.165, 1.54) is 5.56 Å². The highest BCUT2D eigenvalue weighted by atomic mass is 16.5. The first-order valence-electron chi connectivity index (χ1n) is 9.63. The number of pyridine rings is 1. The van der Waals surface area contributed by atoms with Crippen molar-refractivity contribution in [2.45, 2.75) is 33.7 Å². The first-order valence-corrected chi connectivity index (χ1v) is 9.63. The van der Waals surface area contributed by atoms with E-state index in [1.807, 2.05) is 24.7 Å². The van der Waals surface area contributed by atoms with Crippen molar-refractivity contribution in [2.24, 2.45) is 5.92 Å². The molecule has 4 nitrogen and oxygen atoms in total. The van der Waals surface area contributed by atoms with Crippen molar-refractivity contribution in [3.8, 4) is 16.9 Å². The first-order chi connectivity index (χ1) is 13.2. The van der Waals surface area contributed by atoms with Gasteiger partial charge < -0.3 is 9.30 Å². The first kappa shape index (κ1) is 17.5. The van der Waals surface area contributed by atoms with Gasteiger partial charge in [-0.2, -0.15) is 0 Å². The van der Waals surface area contributed by atoms with Crippen molar-refractivity contribution in [3.05, 3.63) is 55.0 Å². The fourth-order valence-electron chi connectivity index (χ4n) is 3.51. The number of fused-ring (bicyclic) bond motifs is 3. The number of rotatable bonds is 6. The highest BCUT2D eigenvalue weighted by Crippen LogP contribution is 2.34. The Hall–Kier alpha value is -2.88. The van der Waals surface area contributed by atoms with Gasteiger partial charge in [-0.05, 0) is 41.7 Å². The van der Waals surface area contributed by atoms with Crippen molar-refractivity contribution in [3.63, 3.8) is 0 Å². The molecule has 2 heterocycles. The van der Waals surface area contributed by atoms with Crippen LogP contribution < -0.4 is 4.74 Å². The third-order valence-corrected chi connectivity index (χ3v) is 4.67. The summed E-state index contributed by atoms with van der Waals surface area (Å²) >= 11 is 0. The molecule has 0 saturated carbocycles. The van der Waals surface area contributed by atoms with Gasteiger partial charge in [0.15, 0.2) is 0 Å². The van der Waals surface area contributed by atoms with Crippen LogP contribution in [-0.4, -0.2) is 21.1 Å². The van der Waals surface area contributed by atoms with Crippen molar-refractivity contribution >= 4 is 21.9 Å². The molecule has 0 fully saturated rings. The second-order valence-corrected chi connectivity index (χ2v) is 7.36. The third kappa shape index (κ3) is 3.39. The van der Waals surface area contributed by atoms with Crippen molar-refractivity contribution in [2.75, 3.05) is 6.61 Å². The van der Waals surface area contributed by atoms with Gasteiger partial charge >= 0.3 is 0 Å². The van der Waals surface area contributed by atoms with Crippen molar-refractivity contribution in [1.29, 1.82) is 0 Å². The quantitative estimate of drug-likeness (QED) is 0.443. The van der Waals surface area contributed by atoms with Crippen LogP contribution in [0.5, 0.6) is 5.75 Å². The Labute approximate surface area is 159 Å². The lowest BCUT2D eigenvalue weighted by molar-refractivity contribution is 0.317. The van der Waals surface area contributed by atoms with Gasteiger partial charge in [-0.3, -0.25) is 4.98 Å². The number of hydrogen-bond acceptors (Lipinski definition) is 3. The minimum Gasteiger partial charge on any atom is -0.494 e. The van der Waals surface area contributed by atoms with Crippen LogP contribution >= 0.6 is 0 Å². The molecule has 4 heteroatoms. The molecule has 0 amide bonds. The Balaban J connectivity index is 1.88. The minimum absolute atomic E-state index is 0.549. The number of nitrogens with zero attached hydrogens (tertiary/aromatic N) is 3.